The maximum Gasteiger partial charge on any atom is 0.318 e. The van der Waals surface area contributed by atoms with Gasteiger partial charge in [0.25, 0.3) is 10.0 Å². The molecule has 0 aliphatic rings. The van der Waals surface area contributed by atoms with Crippen molar-refractivity contribution in [2.45, 2.75) is 43.9 Å². The fourth-order valence-corrected chi connectivity index (χ4v) is 4.75. The molecule has 0 atom stereocenters. The minimum Gasteiger partial charge on any atom is -0.480 e. The van der Waals surface area contributed by atoms with Gasteiger partial charge in [-0.05, 0) is 39.3 Å². The van der Waals surface area contributed by atoms with Crippen LogP contribution in [-0.2, 0) is 21.2 Å². The van der Waals surface area contributed by atoms with Gasteiger partial charge in [-0.2, -0.15) is 4.31 Å². The van der Waals surface area contributed by atoms with Crippen LogP contribution in [0.1, 0.15) is 32.6 Å². The smallest absolute Gasteiger partial charge is 0.318 e. The predicted molar refractivity (Wildman–Crippen MR) is 75.0 cm³/mol. The zero-order valence-electron chi connectivity index (χ0n) is 11.5. The summed E-state index contributed by atoms with van der Waals surface area (Å²) in [4.78, 5) is 11.9. The van der Waals surface area contributed by atoms with Crippen molar-refractivity contribution in [3.63, 3.8) is 0 Å². The number of hydrogen-bond donors (Lipinski definition) is 1. The number of nitrogens with zero attached hydrogens (tertiary/aromatic N) is 1. The van der Waals surface area contributed by atoms with E-state index in [2.05, 4.69) is 0 Å². The van der Waals surface area contributed by atoms with Crippen LogP contribution in [0.15, 0.2) is 16.3 Å². The second-order valence-electron chi connectivity index (χ2n) is 5.15. The number of aryl methyl sites for hydroxylation is 1. The monoisotopic (exact) mass is 305 g/mol. The van der Waals surface area contributed by atoms with Gasteiger partial charge in [-0.25, -0.2) is 8.42 Å². The van der Waals surface area contributed by atoms with Gasteiger partial charge in [0, 0.05) is 10.4 Å². The molecule has 1 rings (SSSR count). The van der Waals surface area contributed by atoms with E-state index in [1.165, 1.54) is 11.3 Å². The summed E-state index contributed by atoms with van der Waals surface area (Å²) < 4.78 is 26.2. The first-order valence-corrected chi connectivity index (χ1v) is 8.18. The molecule has 1 aromatic heterocycles. The lowest BCUT2D eigenvalue weighted by Gasteiger charge is -2.32. The zero-order chi connectivity index (χ0) is 14.8. The molecule has 0 aromatic carbocycles. The van der Waals surface area contributed by atoms with E-state index in [1.807, 2.05) is 6.92 Å². The molecule has 0 fully saturated rings. The van der Waals surface area contributed by atoms with Crippen molar-refractivity contribution >= 4 is 27.3 Å². The summed E-state index contributed by atoms with van der Waals surface area (Å²) in [6, 6.07) is 3.30. The largest absolute Gasteiger partial charge is 0.480 e. The number of hydrogen-bond acceptors (Lipinski definition) is 4. The fraction of sp³-hybridized carbons (Fsp3) is 0.583. The Morgan fingerprint density at radius 3 is 2.32 bits per heavy atom. The SMILES string of the molecule is CCc1ccc(S(=O)(=O)N(CC(=O)O)C(C)(C)C)s1. The van der Waals surface area contributed by atoms with Gasteiger partial charge in [-0.15, -0.1) is 11.3 Å². The quantitative estimate of drug-likeness (QED) is 0.905. The van der Waals surface area contributed by atoms with Crippen LogP contribution in [0.2, 0.25) is 0 Å². The highest BCUT2D eigenvalue weighted by atomic mass is 32.2. The topological polar surface area (TPSA) is 74.7 Å². The first kappa shape index (κ1) is 16.1. The van der Waals surface area contributed by atoms with Crippen LogP contribution in [0.5, 0.6) is 0 Å². The standard InChI is InChI=1S/C12H19NO4S2/c1-5-9-6-7-11(18-9)19(16,17)13(8-10(14)15)12(2,3)4/h6-7H,5,8H2,1-4H3,(H,14,15). The first-order valence-electron chi connectivity index (χ1n) is 5.92. The van der Waals surface area contributed by atoms with Crippen molar-refractivity contribution in [3.8, 4) is 0 Å². The Morgan fingerprint density at radius 1 is 1.37 bits per heavy atom. The lowest BCUT2D eigenvalue weighted by Crippen LogP contribution is -2.47. The molecular weight excluding hydrogens is 286 g/mol. The normalized spacial score (nSPS) is 12.9. The van der Waals surface area contributed by atoms with Crippen molar-refractivity contribution in [2.24, 2.45) is 0 Å². The predicted octanol–water partition coefficient (Wildman–Crippen LogP) is 2.18. The molecule has 0 aliphatic carbocycles. The second kappa shape index (κ2) is 5.60. The Balaban J connectivity index is 3.23. The third-order valence-corrected chi connectivity index (χ3v) is 6.36. The van der Waals surface area contributed by atoms with Gasteiger partial charge in [0.15, 0.2) is 0 Å². The molecule has 0 unspecified atom stereocenters. The van der Waals surface area contributed by atoms with Crippen LogP contribution < -0.4 is 0 Å². The van der Waals surface area contributed by atoms with Crippen molar-refractivity contribution in [3.05, 3.63) is 17.0 Å². The van der Waals surface area contributed by atoms with E-state index in [0.717, 1.165) is 15.6 Å². The fourth-order valence-electron chi connectivity index (χ4n) is 1.60. The third-order valence-electron chi connectivity index (χ3n) is 2.56. The van der Waals surface area contributed by atoms with Crippen LogP contribution in [0.3, 0.4) is 0 Å². The van der Waals surface area contributed by atoms with Crippen LogP contribution in [0.25, 0.3) is 0 Å². The van der Waals surface area contributed by atoms with Gasteiger partial charge in [0.05, 0.1) is 0 Å². The number of thiophene rings is 1. The molecule has 1 heterocycles. The summed E-state index contributed by atoms with van der Waals surface area (Å²) in [7, 11) is -3.77. The van der Waals surface area contributed by atoms with E-state index in [-0.39, 0.29) is 4.21 Å². The highest BCUT2D eigenvalue weighted by molar-refractivity contribution is 7.91. The van der Waals surface area contributed by atoms with Gasteiger partial charge in [-0.1, -0.05) is 6.92 Å². The van der Waals surface area contributed by atoms with E-state index < -0.39 is 28.1 Å². The molecule has 0 bridgehead atoms. The van der Waals surface area contributed by atoms with E-state index in [9.17, 15) is 13.2 Å². The maximum atomic E-state index is 12.5. The van der Waals surface area contributed by atoms with Gasteiger partial charge >= 0.3 is 5.97 Å². The van der Waals surface area contributed by atoms with Crippen LogP contribution in [0, 0.1) is 0 Å². The van der Waals surface area contributed by atoms with Crippen LogP contribution >= 0.6 is 11.3 Å². The highest BCUT2D eigenvalue weighted by Crippen LogP contribution is 2.29. The molecule has 19 heavy (non-hydrogen) atoms. The second-order valence-corrected chi connectivity index (χ2v) is 8.41. The molecule has 0 saturated heterocycles. The molecule has 0 radical (unpaired) electrons. The lowest BCUT2D eigenvalue weighted by molar-refractivity contribution is -0.138. The molecule has 1 N–H and O–H groups in total. The van der Waals surface area contributed by atoms with Crippen molar-refractivity contribution in [1.29, 1.82) is 0 Å². The minimum absolute atomic E-state index is 0.195. The number of aliphatic carboxylic acids is 1. The van der Waals surface area contributed by atoms with E-state index >= 15 is 0 Å². The zero-order valence-corrected chi connectivity index (χ0v) is 13.1. The molecule has 7 heteroatoms. The molecule has 108 valence electrons. The Kier molecular flexibility index (Phi) is 4.76. The number of carboxylic acids is 1. The number of carbonyl (C=O) groups is 1. The number of rotatable bonds is 5. The summed E-state index contributed by atoms with van der Waals surface area (Å²) in [5.74, 6) is -1.16. The van der Waals surface area contributed by atoms with Crippen molar-refractivity contribution < 1.29 is 18.3 Å². The molecular formula is C12H19NO4S2. The van der Waals surface area contributed by atoms with Crippen molar-refractivity contribution in [1.82, 2.24) is 4.31 Å². The van der Waals surface area contributed by atoms with Gasteiger partial charge in [0.1, 0.15) is 10.8 Å². The van der Waals surface area contributed by atoms with Gasteiger partial charge in [0.2, 0.25) is 0 Å². The summed E-state index contributed by atoms with van der Waals surface area (Å²) in [6.07, 6.45) is 0.759. The summed E-state index contributed by atoms with van der Waals surface area (Å²) in [5, 5.41) is 8.91. The summed E-state index contributed by atoms with van der Waals surface area (Å²) in [6.45, 7) is 6.46. The third kappa shape index (κ3) is 3.77. The van der Waals surface area contributed by atoms with Crippen molar-refractivity contribution in [2.75, 3.05) is 6.54 Å². The Hall–Kier alpha value is -0.920. The van der Waals surface area contributed by atoms with E-state index in [4.69, 9.17) is 5.11 Å². The molecule has 0 amide bonds. The van der Waals surface area contributed by atoms with E-state index in [0.29, 0.717) is 0 Å². The van der Waals surface area contributed by atoms with Gasteiger partial charge in [-0.3, -0.25) is 4.79 Å². The molecule has 5 nitrogen and oxygen atoms in total. The van der Waals surface area contributed by atoms with Crippen LogP contribution in [0.4, 0.5) is 0 Å². The lowest BCUT2D eigenvalue weighted by atomic mass is 10.1. The summed E-state index contributed by atoms with van der Waals surface area (Å²) in [5.41, 5.74) is -0.784. The summed E-state index contributed by atoms with van der Waals surface area (Å²) >= 11 is 1.19. The molecule has 0 aliphatic heterocycles. The highest BCUT2D eigenvalue weighted by Gasteiger charge is 2.36. The molecule has 0 saturated carbocycles. The van der Waals surface area contributed by atoms with Crippen LogP contribution in [-0.4, -0.2) is 35.9 Å². The number of carboxylic acid groups (broad SMARTS) is 1. The average Bonchev–Trinajstić information content (AvgIpc) is 2.73. The average molecular weight is 305 g/mol. The Labute approximate surface area is 117 Å². The minimum atomic E-state index is -3.77. The van der Waals surface area contributed by atoms with Gasteiger partial charge < -0.3 is 5.11 Å². The Bertz CT molecular complexity index is 555. The Morgan fingerprint density at radius 2 is 1.95 bits per heavy atom. The first-order chi connectivity index (χ1) is 8.59. The number of sulfonamides is 1. The molecule has 0 spiro atoms. The van der Waals surface area contributed by atoms with E-state index in [1.54, 1.807) is 32.9 Å². The maximum absolute atomic E-state index is 12.5. The molecule has 1 aromatic rings.